The van der Waals surface area contributed by atoms with Crippen molar-refractivity contribution in [1.82, 2.24) is 10.2 Å². The van der Waals surface area contributed by atoms with Gasteiger partial charge in [0.15, 0.2) is 0 Å². The number of esters is 1. The van der Waals surface area contributed by atoms with Crippen LogP contribution in [0, 0.1) is 6.92 Å². The summed E-state index contributed by atoms with van der Waals surface area (Å²) in [6, 6.07) is 1.79. The van der Waals surface area contributed by atoms with Gasteiger partial charge in [-0.05, 0) is 13.0 Å². The molecule has 1 heterocycles. The van der Waals surface area contributed by atoms with Gasteiger partial charge in [-0.25, -0.2) is 0 Å². The van der Waals surface area contributed by atoms with E-state index in [4.69, 9.17) is 5.73 Å². The lowest BCUT2D eigenvalue weighted by molar-refractivity contribution is -0.142. The number of ether oxygens (including phenoxy) is 1. The number of hydrogen-bond acceptors (Lipinski definition) is 4. The zero-order chi connectivity index (χ0) is 9.84. The number of methoxy groups -OCH3 is 1. The van der Waals surface area contributed by atoms with Crippen molar-refractivity contribution in [3.8, 4) is 0 Å². The first-order chi connectivity index (χ1) is 6.19. The summed E-state index contributed by atoms with van der Waals surface area (Å²) in [7, 11) is 1.34. The first-order valence-electron chi connectivity index (χ1n) is 3.98. The number of aromatic amines is 1. The van der Waals surface area contributed by atoms with Crippen LogP contribution in [0.25, 0.3) is 0 Å². The van der Waals surface area contributed by atoms with Gasteiger partial charge in [0.1, 0.15) is 5.92 Å². The predicted octanol–water partition coefficient (Wildman–Crippen LogP) is -0.0666. The molecule has 13 heavy (non-hydrogen) atoms. The molecule has 0 aliphatic rings. The Balaban J connectivity index is 2.84. The van der Waals surface area contributed by atoms with Gasteiger partial charge in [0.25, 0.3) is 0 Å². The van der Waals surface area contributed by atoms with Crippen LogP contribution in [0.2, 0.25) is 0 Å². The quantitative estimate of drug-likeness (QED) is 0.643. The van der Waals surface area contributed by atoms with E-state index in [1.165, 1.54) is 7.11 Å². The maximum Gasteiger partial charge on any atom is 0.316 e. The largest absolute Gasteiger partial charge is 0.468 e. The highest BCUT2D eigenvalue weighted by Crippen LogP contribution is 2.13. The summed E-state index contributed by atoms with van der Waals surface area (Å²) in [4.78, 5) is 11.2. The molecule has 5 heteroatoms. The third-order valence-corrected chi connectivity index (χ3v) is 1.80. The second-order valence-corrected chi connectivity index (χ2v) is 2.79. The Kier molecular flexibility index (Phi) is 3.02. The summed E-state index contributed by atoms with van der Waals surface area (Å²) < 4.78 is 4.59. The number of nitrogens with zero attached hydrogens (tertiary/aromatic N) is 1. The molecule has 72 valence electrons. The van der Waals surface area contributed by atoms with Crippen LogP contribution < -0.4 is 5.73 Å². The van der Waals surface area contributed by atoms with E-state index in [-0.39, 0.29) is 12.5 Å². The van der Waals surface area contributed by atoms with Gasteiger partial charge in [-0.1, -0.05) is 0 Å². The maximum absolute atomic E-state index is 11.2. The summed E-state index contributed by atoms with van der Waals surface area (Å²) in [5.41, 5.74) is 6.97. The summed E-state index contributed by atoms with van der Waals surface area (Å²) in [6.45, 7) is 2.07. The number of aromatic nitrogens is 2. The number of carbonyl (C=O) groups excluding carboxylic acids is 1. The molecule has 0 aromatic carbocycles. The Hall–Kier alpha value is -1.36. The van der Waals surface area contributed by atoms with E-state index < -0.39 is 5.92 Å². The topological polar surface area (TPSA) is 81.0 Å². The first kappa shape index (κ1) is 9.73. The molecule has 1 aromatic rings. The van der Waals surface area contributed by atoms with Crippen LogP contribution in [0.5, 0.6) is 0 Å². The second kappa shape index (κ2) is 4.04. The summed E-state index contributed by atoms with van der Waals surface area (Å²) in [5.74, 6) is -0.816. The fourth-order valence-corrected chi connectivity index (χ4v) is 1.10. The molecule has 0 saturated heterocycles. The van der Waals surface area contributed by atoms with Crippen LogP contribution in [-0.2, 0) is 9.53 Å². The molecule has 1 rings (SSSR count). The summed E-state index contributed by atoms with van der Waals surface area (Å²) >= 11 is 0. The minimum Gasteiger partial charge on any atom is -0.468 e. The van der Waals surface area contributed by atoms with E-state index in [0.29, 0.717) is 5.69 Å². The van der Waals surface area contributed by atoms with Crippen molar-refractivity contribution >= 4 is 5.97 Å². The molecule has 0 aliphatic heterocycles. The molecule has 0 spiro atoms. The SMILES string of the molecule is COC(=O)C(CN)c1cc(C)[nH]n1. The Labute approximate surface area is 76.3 Å². The van der Waals surface area contributed by atoms with E-state index in [2.05, 4.69) is 14.9 Å². The molecule has 3 N–H and O–H groups in total. The molecule has 0 aliphatic carbocycles. The third kappa shape index (κ3) is 2.06. The summed E-state index contributed by atoms with van der Waals surface area (Å²) in [5, 5.41) is 6.70. The zero-order valence-electron chi connectivity index (χ0n) is 7.70. The van der Waals surface area contributed by atoms with E-state index >= 15 is 0 Å². The van der Waals surface area contributed by atoms with Gasteiger partial charge in [0.05, 0.1) is 12.8 Å². The van der Waals surface area contributed by atoms with E-state index in [0.717, 1.165) is 5.69 Å². The van der Waals surface area contributed by atoms with Gasteiger partial charge in [0, 0.05) is 12.2 Å². The van der Waals surface area contributed by atoms with E-state index in [9.17, 15) is 4.79 Å². The van der Waals surface area contributed by atoms with Gasteiger partial charge in [-0.15, -0.1) is 0 Å². The Bertz CT molecular complexity index is 295. The molecule has 1 unspecified atom stereocenters. The molecule has 0 bridgehead atoms. The van der Waals surface area contributed by atoms with Gasteiger partial charge >= 0.3 is 5.97 Å². The van der Waals surface area contributed by atoms with Crippen LogP contribution >= 0.6 is 0 Å². The van der Waals surface area contributed by atoms with Crippen LogP contribution in [0.1, 0.15) is 17.3 Å². The smallest absolute Gasteiger partial charge is 0.316 e. The number of H-pyrrole nitrogens is 1. The number of rotatable bonds is 3. The zero-order valence-corrected chi connectivity index (χ0v) is 7.70. The minimum absolute atomic E-state index is 0.205. The lowest BCUT2D eigenvalue weighted by Gasteiger charge is -2.08. The number of carbonyl (C=O) groups is 1. The van der Waals surface area contributed by atoms with Crippen molar-refractivity contribution in [2.75, 3.05) is 13.7 Å². The average molecular weight is 183 g/mol. The van der Waals surface area contributed by atoms with Crippen LogP contribution in [0.4, 0.5) is 0 Å². The fraction of sp³-hybridized carbons (Fsp3) is 0.500. The van der Waals surface area contributed by atoms with Crippen molar-refractivity contribution in [2.45, 2.75) is 12.8 Å². The normalized spacial score (nSPS) is 12.5. The lowest BCUT2D eigenvalue weighted by Crippen LogP contribution is -2.23. The average Bonchev–Trinajstić information content (AvgIpc) is 2.53. The predicted molar refractivity (Wildman–Crippen MR) is 47.1 cm³/mol. The molecule has 5 nitrogen and oxygen atoms in total. The Morgan fingerprint density at radius 2 is 2.54 bits per heavy atom. The van der Waals surface area contributed by atoms with Crippen LogP contribution in [0.3, 0.4) is 0 Å². The fourth-order valence-electron chi connectivity index (χ4n) is 1.10. The molecular formula is C8H13N3O2. The van der Waals surface area contributed by atoms with Crippen LogP contribution in [0.15, 0.2) is 6.07 Å². The molecule has 1 aromatic heterocycles. The standard InChI is InChI=1S/C8H13N3O2/c1-5-3-7(11-10-5)6(4-9)8(12)13-2/h3,6H,4,9H2,1-2H3,(H,10,11). The number of nitrogens with one attached hydrogen (secondary N) is 1. The van der Waals surface area contributed by atoms with Crippen molar-refractivity contribution in [1.29, 1.82) is 0 Å². The second-order valence-electron chi connectivity index (χ2n) is 2.79. The van der Waals surface area contributed by atoms with Gasteiger partial charge in [0.2, 0.25) is 0 Å². The molecular weight excluding hydrogens is 170 g/mol. The summed E-state index contributed by atoms with van der Waals surface area (Å²) in [6.07, 6.45) is 0. The number of hydrogen-bond donors (Lipinski definition) is 2. The lowest BCUT2D eigenvalue weighted by atomic mass is 10.1. The molecule has 0 radical (unpaired) electrons. The van der Waals surface area contributed by atoms with Crippen molar-refractivity contribution in [3.05, 3.63) is 17.5 Å². The van der Waals surface area contributed by atoms with Gasteiger partial charge in [-0.3, -0.25) is 9.89 Å². The molecule has 0 saturated carbocycles. The van der Waals surface area contributed by atoms with E-state index in [1.54, 1.807) is 6.07 Å². The first-order valence-corrected chi connectivity index (χ1v) is 3.98. The monoisotopic (exact) mass is 183 g/mol. The van der Waals surface area contributed by atoms with Crippen molar-refractivity contribution in [2.24, 2.45) is 5.73 Å². The van der Waals surface area contributed by atoms with Gasteiger partial charge in [-0.2, -0.15) is 5.10 Å². The van der Waals surface area contributed by atoms with Crippen LogP contribution in [-0.4, -0.2) is 29.8 Å². The number of nitrogens with two attached hydrogens (primary N) is 1. The Morgan fingerprint density at radius 1 is 1.85 bits per heavy atom. The maximum atomic E-state index is 11.2. The molecule has 0 fully saturated rings. The third-order valence-electron chi connectivity index (χ3n) is 1.80. The Morgan fingerprint density at radius 3 is 2.92 bits per heavy atom. The highest BCUT2D eigenvalue weighted by Gasteiger charge is 2.21. The van der Waals surface area contributed by atoms with Crippen molar-refractivity contribution < 1.29 is 9.53 Å². The molecule has 0 amide bonds. The highest BCUT2D eigenvalue weighted by atomic mass is 16.5. The van der Waals surface area contributed by atoms with E-state index in [1.807, 2.05) is 6.92 Å². The van der Waals surface area contributed by atoms with Crippen molar-refractivity contribution in [3.63, 3.8) is 0 Å². The molecule has 1 atom stereocenters. The number of aryl methyl sites for hydroxylation is 1. The minimum atomic E-state index is -0.463. The highest BCUT2D eigenvalue weighted by molar-refractivity contribution is 5.77. The van der Waals surface area contributed by atoms with Gasteiger partial charge < -0.3 is 10.5 Å².